The van der Waals surface area contributed by atoms with Crippen LogP contribution in [-0.2, 0) is 17.5 Å². The molecule has 1 aliphatic heterocycles. The van der Waals surface area contributed by atoms with Gasteiger partial charge in [-0.05, 0) is 30.3 Å². The normalized spacial score (nSPS) is 14.4. The summed E-state index contributed by atoms with van der Waals surface area (Å²) in [6.45, 7) is 1.13. The lowest BCUT2D eigenvalue weighted by Crippen LogP contribution is -2.50. The average molecular weight is 460 g/mol. The maximum absolute atomic E-state index is 13.9. The molecule has 4 rings (SSSR count). The van der Waals surface area contributed by atoms with Crippen LogP contribution in [-0.4, -0.2) is 46.5 Å². The highest BCUT2D eigenvalue weighted by Crippen LogP contribution is 2.31. The molecule has 0 radical (unpaired) electrons. The number of nitrogens with zero attached hydrogens (tertiary/aromatic N) is 4. The summed E-state index contributed by atoms with van der Waals surface area (Å²) in [5.41, 5.74) is -0.389. The maximum atomic E-state index is 13.9. The van der Waals surface area contributed by atoms with Crippen molar-refractivity contribution in [1.29, 1.82) is 0 Å². The molecule has 0 aliphatic carbocycles. The van der Waals surface area contributed by atoms with E-state index in [1.807, 2.05) is 0 Å². The van der Waals surface area contributed by atoms with Crippen molar-refractivity contribution in [3.63, 3.8) is 0 Å². The Morgan fingerprint density at radius 1 is 0.970 bits per heavy atom. The lowest BCUT2D eigenvalue weighted by atomic mass is 10.1. The molecule has 1 amide bonds. The second-order valence-electron chi connectivity index (χ2n) is 7.64. The molecule has 2 heterocycles. The van der Waals surface area contributed by atoms with Crippen molar-refractivity contribution in [3.05, 3.63) is 82.7 Å². The molecule has 0 N–H and O–H groups in total. The molecule has 0 unspecified atom stereocenters. The minimum absolute atomic E-state index is 0.177. The van der Waals surface area contributed by atoms with Crippen LogP contribution >= 0.6 is 0 Å². The number of benzene rings is 2. The van der Waals surface area contributed by atoms with Crippen LogP contribution < -0.4 is 10.5 Å². The number of anilines is 1. The second-order valence-corrected chi connectivity index (χ2v) is 7.64. The first-order valence-electron chi connectivity index (χ1n) is 10.2. The van der Waals surface area contributed by atoms with Crippen molar-refractivity contribution in [2.45, 2.75) is 12.7 Å². The number of carbonyl (C=O) groups is 1. The van der Waals surface area contributed by atoms with Gasteiger partial charge in [-0.2, -0.15) is 13.2 Å². The third-order valence-corrected chi connectivity index (χ3v) is 5.51. The predicted octanol–water partition coefficient (Wildman–Crippen LogP) is 3.42. The highest BCUT2D eigenvalue weighted by Gasteiger charge is 2.31. The van der Waals surface area contributed by atoms with Gasteiger partial charge in [-0.25, -0.2) is 9.37 Å². The van der Waals surface area contributed by atoms with E-state index in [0.717, 1.165) is 16.7 Å². The predicted molar refractivity (Wildman–Crippen MR) is 114 cm³/mol. The largest absolute Gasteiger partial charge is 0.416 e. The van der Waals surface area contributed by atoms with E-state index in [1.165, 1.54) is 36.7 Å². The number of hydrogen-bond donors (Lipinski definition) is 0. The summed E-state index contributed by atoms with van der Waals surface area (Å²) in [4.78, 5) is 32.5. The molecule has 0 atom stereocenters. The third-order valence-electron chi connectivity index (χ3n) is 5.51. The maximum Gasteiger partial charge on any atom is 0.416 e. The van der Waals surface area contributed by atoms with Gasteiger partial charge < -0.3 is 9.80 Å². The van der Waals surface area contributed by atoms with Crippen LogP contribution in [0.4, 0.5) is 23.2 Å². The Balaban J connectivity index is 1.39. The van der Waals surface area contributed by atoms with E-state index in [9.17, 15) is 27.2 Å². The second kappa shape index (κ2) is 9.05. The minimum Gasteiger partial charge on any atom is -0.368 e. The summed E-state index contributed by atoms with van der Waals surface area (Å²) in [6.07, 6.45) is -3.21. The molecule has 2 aromatic carbocycles. The van der Waals surface area contributed by atoms with E-state index in [2.05, 4.69) is 4.98 Å². The molecule has 1 fully saturated rings. The van der Waals surface area contributed by atoms with Crippen LogP contribution in [0.5, 0.6) is 0 Å². The van der Waals surface area contributed by atoms with Crippen molar-refractivity contribution >= 4 is 11.6 Å². The average Bonchev–Trinajstić information content (AvgIpc) is 2.80. The zero-order chi connectivity index (χ0) is 23.6. The number of hydrogen-bond acceptors (Lipinski definition) is 4. The van der Waals surface area contributed by atoms with Crippen molar-refractivity contribution in [2.75, 3.05) is 31.1 Å². The highest BCUT2D eigenvalue weighted by atomic mass is 19.4. The molecule has 3 aromatic rings. The van der Waals surface area contributed by atoms with Crippen LogP contribution in [0.1, 0.15) is 5.56 Å². The molecule has 0 spiro atoms. The lowest BCUT2D eigenvalue weighted by molar-refractivity contribution is -0.137. The van der Waals surface area contributed by atoms with Gasteiger partial charge in [0.05, 0.1) is 17.6 Å². The van der Waals surface area contributed by atoms with Gasteiger partial charge in [0.2, 0.25) is 5.91 Å². The van der Waals surface area contributed by atoms with Crippen molar-refractivity contribution in [3.8, 4) is 11.3 Å². The molecule has 1 aromatic heterocycles. The van der Waals surface area contributed by atoms with E-state index in [1.54, 1.807) is 21.9 Å². The summed E-state index contributed by atoms with van der Waals surface area (Å²) in [5.74, 6) is -0.807. The Morgan fingerprint density at radius 2 is 1.70 bits per heavy atom. The SMILES string of the molecule is O=C(Cn1cnc(-c2ccccc2F)cc1=O)N1CCN(c2cccc(C(F)(F)F)c2)CC1. The number of aromatic nitrogens is 2. The van der Waals surface area contributed by atoms with E-state index < -0.39 is 23.1 Å². The number of alkyl halides is 3. The summed E-state index contributed by atoms with van der Waals surface area (Å²) in [5, 5.41) is 0. The Morgan fingerprint density at radius 3 is 2.36 bits per heavy atom. The number of carbonyl (C=O) groups excluding carboxylic acids is 1. The molecule has 1 aliphatic rings. The zero-order valence-corrected chi connectivity index (χ0v) is 17.4. The van der Waals surface area contributed by atoms with E-state index in [-0.39, 0.29) is 23.7 Å². The molecule has 0 saturated carbocycles. The smallest absolute Gasteiger partial charge is 0.368 e. The topological polar surface area (TPSA) is 58.4 Å². The van der Waals surface area contributed by atoms with E-state index >= 15 is 0 Å². The Hall–Kier alpha value is -3.69. The highest BCUT2D eigenvalue weighted by molar-refractivity contribution is 5.76. The van der Waals surface area contributed by atoms with Gasteiger partial charge in [-0.1, -0.05) is 18.2 Å². The number of amides is 1. The van der Waals surface area contributed by atoms with E-state index in [0.29, 0.717) is 31.9 Å². The molecule has 10 heteroatoms. The van der Waals surface area contributed by atoms with Gasteiger partial charge >= 0.3 is 6.18 Å². The van der Waals surface area contributed by atoms with Gasteiger partial charge in [0, 0.05) is 43.5 Å². The fraction of sp³-hybridized carbons (Fsp3) is 0.261. The molecule has 6 nitrogen and oxygen atoms in total. The molecule has 172 valence electrons. The van der Waals surface area contributed by atoms with Crippen LogP contribution in [0.3, 0.4) is 0 Å². The summed E-state index contributed by atoms with van der Waals surface area (Å²) < 4.78 is 54.0. The van der Waals surface area contributed by atoms with Crippen LogP contribution in [0, 0.1) is 5.82 Å². The Bertz CT molecular complexity index is 1220. The lowest BCUT2D eigenvalue weighted by Gasteiger charge is -2.36. The standard InChI is InChI=1S/C23H20F4N4O2/c24-19-7-2-1-6-18(19)20-13-21(32)31(15-28-20)14-22(33)30-10-8-29(9-11-30)17-5-3-4-16(12-17)23(25,26)27/h1-7,12-13,15H,8-11,14H2. The van der Waals surface area contributed by atoms with Gasteiger partial charge in [-0.3, -0.25) is 14.2 Å². The molecule has 0 bridgehead atoms. The van der Waals surface area contributed by atoms with Crippen LogP contribution in [0.2, 0.25) is 0 Å². The third kappa shape index (κ3) is 5.05. The number of halogens is 4. The first-order chi connectivity index (χ1) is 15.7. The summed E-state index contributed by atoms with van der Waals surface area (Å²) in [7, 11) is 0. The number of piperazine rings is 1. The molecular weight excluding hydrogens is 440 g/mol. The number of rotatable bonds is 4. The first kappa shape index (κ1) is 22.5. The molecule has 33 heavy (non-hydrogen) atoms. The van der Waals surface area contributed by atoms with Gasteiger partial charge in [0.25, 0.3) is 5.56 Å². The molecular formula is C23H20F4N4O2. The van der Waals surface area contributed by atoms with Gasteiger partial charge in [0.1, 0.15) is 12.4 Å². The van der Waals surface area contributed by atoms with Crippen LogP contribution in [0.15, 0.2) is 65.7 Å². The molecule has 1 saturated heterocycles. The van der Waals surface area contributed by atoms with Gasteiger partial charge in [0.15, 0.2) is 0 Å². The van der Waals surface area contributed by atoms with Crippen molar-refractivity contribution in [1.82, 2.24) is 14.5 Å². The zero-order valence-electron chi connectivity index (χ0n) is 17.4. The Kier molecular flexibility index (Phi) is 6.17. The quantitative estimate of drug-likeness (QED) is 0.560. The Labute approximate surface area is 186 Å². The monoisotopic (exact) mass is 460 g/mol. The summed E-state index contributed by atoms with van der Waals surface area (Å²) >= 11 is 0. The first-order valence-corrected chi connectivity index (χ1v) is 10.2. The minimum atomic E-state index is -4.42. The van der Waals surface area contributed by atoms with Crippen LogP contribution in [0.25, 0.3) is 11.3 Å². The fourth-order valence-corrected chi connectivity index (χ4v) is 3.70. The fourth-order valence-electron chi connectivity index (χ4n) is 3.70. The van der Waals surface area contributed by atoms with Crippen molar-refractivity contribution < 1.29 is 22.4 Å². The summed E-state index contributed by atoms with van der Waals surface area (Å²) in [6, 6.07) is 12.2. The van der Waals surface area contributed by atoms with E-state index in [4.69, 9.17) is 0 Å². The van der Waals surface area contributed by atoms with Crippen molar-refractivity contribution in [2.24, 2.45) is 0 Å². The van der Waals surface area contributed by atoms with Gasteiger partial charge in [-0.15, -0.1) is 0 Å².